The van der Waals surface area contributed by atoms with Crippen molar-refractivity contribution in [1.29, 1.82) is 0 Å². The lowest BCUT2D eigenvalue weighted by molar-refractivity contribution is -0.274. The second kappa shape index (κ2) is 8.79. The molecule has 0 aliphatic carbocycles. The average Bonchev–Trinajstić information content (AvgIpc) is 2.45. The van der Waals surface area contributed by atoms with E-state index in [2.05, 4.69) is 21.3 Å². The molecule has 0 bridgehead atoms. The lowest BCUT2D eigenvalue weighted by atomic mass is 10.3. The Morgan fingerprint density at radius 2 is 1.79 bits per heavy atom. The molecule has 1 aromatic rings. The number of terminal acetylenes is 1. The largest absolute Gasteiger partial charge is 0.573 e. The molecule has 0 heterocycles. The van der Waals surface area contributed by atoms with Crippen molar-refractivity contribution in [3.63, 3.8) is 0 Å². The van der Waals surface area contributed by atoms with Crippen LogP contribution >= 0.6 is 0 Å². The summed E-state index contributed by atoms with van der Waals surface area (Å²) < 4.78 is 39.8. The van der Waals surface area contributed by atoms with Gasteiger partial charge >= 0.3 is 6.36 Å². The summed E-state index contributed by atoms with van der Waals surface area (Å²) in [4.78, 5) is 24.7. The molecular weight excluding hydrogens is 327 g/mol. The number of nitrogens with one attached hydrogen (secondary N) is 2. The standard InChI is InChI=1S/C15H16F3N3O3/c1-3-8-19-13(22)9-21(2)10-14(23)20-11-4-6-12(7-5-11)24-15(16,17)18/h1,4-7H,8-10H2,2H3,(H,19,22)(H,20,23). The Hall–Kier alpha value is -2.73. The zero-order valence-electron chi connectivity index (χ0n) is 12.8. The number of anilines is 1. The lowest BCUT2D eigenvalue weighted by Crippen LogP contribution is -2.39. The second-order valence-electron chi connectivity index (χ2n) is 4.77. The number of likely N-dealkylation sites (N-methyl/N-ethyl adjacent to an activating group) is 1. The third kappa shape index (κ3) is 8.05. The molecule has 1 rings (SSSR count). The summed E-state index contributed by atoms with van der Waals surface area (Å²) in [5, 5.41) is 4.95. The van der Waals surface area contributed by atoms with Crippen molar-refractivity contribution in [2.24, 2.45) is 0 Å². The first kappa shape index (κ1) is 19.3. The van der Waals surface area contributed by atoms with Crippen LogP contribution in [-0.4, -0.2) is 49.8 Å². The molecule has 0 spiro atoms. The van der Waals surface area contributed by atoms with Gasteiger partial charge in [-0.05, 0) is 31.3 Å². The van der Waals surface area contributed by atoms with Crippen molar-refractivity contribution in [3.05, 3.63) is 24.3 Å². The van der Waals surface area contributed by atoms with E-state index in [-0.39, 0.29) is 31.3 Å². The lowest BCUT2D eigenvalue weighted by Gasteiger charge is -2.15. The first-order chi connectivity index (χ1) is 11.2. The van der Waals surface area contributed by atoms with Crippen LogP contribution in [-0.2, 0) is 9.59 Å². The SMILES string of the molecule is C#CCNC(=O)CN(C)CC(=O)Nc1ccc(OC(F)(F)F)cc1. The first-order valence-electron chi connectivity index (χ1n) is 6.74. The van der Waals surface area contributed by atoms with E-state index in [0.717, 1.165) is 12.1 Å². The van der Waals surface area contributed by atoms with Crippen LogP contribution in [0.4, 0.5) is 18.9 Å². The Labute approximate surface area is 137 Å². The minimum atomic E-state index is -4.77. The molecular formula is C15H16F3N3O3. The molecule has 2 N–H and O–H groups in total. The zero-order chi connectivity index (χ0) is 18.2. The highest BCUT2D eigenvalue weighted by atomic mass is 19.4. The van der Waals surface area contributed by atoms with Crippen molar-refractivity contribution in [3.8, 4) is 18.1 Å². The summed E-state index contributed by atoms with van der Waals surface area (Å²) in [6, 6.07) is 4.72. The highest BCUT2D eigenvalue weighted by Crippen LogP contribution is 2.23. The van der Waals surface area contributed by atoms with Crippen LogP contribution < -0.4 is 15.4 Å². The van der Waals surface area contributed by atoms with Crippen LogP contribution in [0.3, 0.4) is 0 Å². The Kier molecular flexibility index (Phi) is 7.07. The van der Waals surface area contributed by atoms with Gasteiger partial charge in [-0.25, -0.2) is 0 Å². The van der Waals surface area contributed by atoms with Gasteiger partial charge in [0, 0.05) is 5.69 Å². The van der Waals surface area contributed by atoms with Gasteiger partial charge in [-0.1, -0.05) is 5.92 Å². The molecule has 0 atom stereocenters. The maximum Gasteiger partial charge on any atom is 0.573 e. The van der Waals surface area contributed by atoms with Gasteiger partial charge < -0.3 is 15.4 Å². The fourth-order valence-electron chi connectivity index (χ4n) is 1.69. The predicted octanol–water partition coefficient (Wildman–Crippen LogP) is 1.20. The van der Waals surface area contributed by atoms with Gasteiger partial charge in [0.2, 0.25) is 11.8 Å². The number of ether oxygens (including phenoxy) is 1. The van der Waals surface area contributed by atoms with Crippen LogP contribution in [0.25, 0.3) is 0 Å². The minimum absolute atomic E-state index is 0.0204. The van der Waals surface area contributed by atoms with Crippen LogP contribution in [0.15, 0.2) is 24.3 Å². The maximum absolute atomic E-state index is 12.0. The molecule has 9 heteroatoms. The number of nitrogens with zero attached hydrogens (tertiary/aromatic N) is 1. The third-order valence-electron chi connectivity index (χ3n) is 2.59. The van der Waals surface area contributed by atoms with Crippen molar-refractivity contribution in [2.45, 2.75) is 6.36 Å². The van der Waals surface area contributed by atoms with E-state index < -0.39 is 12.3 Å². The van der Waals surface area contributed by atoms with E-state index in [1.165, 1.54) is 17.0 Å². The van der Waals surface area contributed by atoms with E-state index >= 15 is 0 Å². The highest BCUT2D eigenvalue weighted by Gasteiger charge is 2.30. The van der Waals surface area contributed by atoms with Crippen LogP contribution in [0.5, 0.6) is 5.75 Å². The highest BCUT2D eigenvalue weighted by molar-refractivity contribution is 5.92. The second-order valence-corrected chi connectivity index (χ2v) is 4.77. The molecule has 130 valence electrons. The molecule has 6 nitrogen and oxygen atoms in total. The predicted molar refractivity (Wildman–Crippen MR) is 81.1 cm³/mol. The number of carbonyl (C=O) groups excluding carboxylic acids is 2. The third-order valence-corrected chi connectivity index (χ3v) is 2.59. The van der Waals surface area contributed by atoms with Gasteiger partial charge in [-0.3, -0.25) is 14.5 Å². The van der Waals surface area contributed by atoms with Gasteiger partial charge in [0.1, 0.15) is 5.75 Å². The summed E-state index contributed by atoms with van der Waals surface area (Å²) in [5.74, 6) is 1.12. The molecule has 0 saturated carbocycles. The molecule has 0 fully saturated rings. The first-order valence-corrected chi connectivity index (χ1v) is 6.74. The topological polar surface area (TPSA) is 70.7 Å². The maximum atomic E-state index is 12.0. The van der Waals surface area contributed by atoms with E-state index in [9.17, 15) is 22.8 Å². The minimum Gasteiger partial charge on any atom is -0.406 e. The van der Waals surface area contributed by atoms with Crippen molar-refractivity contribution < 1.29 is 27.5 Å². The van der Waals surface area contributed by atoms with E-state index in [4.69, 9.17) is 6.42 Å². The van der Waals surface area contributed by atoms with E-state index in [0.29, 0.717) is 5.69 Å². The Bertz CT molecular complexity index is 609. The molecule has 24 heavy (non-hydrogen) atoms. The molecule has 0 saturated heterocycles. The molecule has 2 amide bonds. The Morgan fingerprint density at radius 3 is 2.33 bits per heavy atom. The van der Waals surface area contributed by atoms with Crippen LogP contribution in [0, 0.1) is 12.3 Å². The van der Waals surface area contributed by atoms with Gasteiger partial charge in [0.15, 0.2) is 0 Å². The fraction of sp³-hybridized carbons (Fsp3) is 0.333. The molecule has 1 aromatic carbocycles. The summed E-state index contributed by atoms with van der Waals surface area (Å²) >= 11 is 0. The number of amides is 2. The monoisotopic (exact) mass is 343 g/mol. The number of hydrogen-bond donors (Lipinski definition) is 2. The van der Waals surface area contributed by atoms with Gasteiger partial charge in [0.25, 0.3) is 0 Å². The molecule has 0 unspecified atom stereocenters. The van der Waals surface area contributed by atoms with Crippen LogP contribution in [0.1, 0.15) is 0 Å². The number of alkyl halides is 3. The molecule has 0 aliphatic rings. The zero-order valence-corrected chi connectivity index (χ0v) is 12.8. The number of hydrogen-bond acceptors (Lipinski definition) is 4. The van der Waals surface area contributed by atoms with E-state index in [1.54, 1.807) is 7.05 Å². The van der Waals surface area contributed by atoms with Crippen molar-refractivity contribution >= 4 is 17.5 Å². The van der Waals surface area contributed by atoms with Gasteiger partial charge in [-0.15, -0.1) is 19.6 Å². The van der Waals surface area contributed by atoms with E-state index in [1.807, 2.05) is 0 Å². The number of benzene rings is 1. The molecule has 0 radical (unpaired) electrons. The number of carbonyl (C=O) groups is 2. The molecule has 0 aliphatic heterocycles. The van der Waals surface area contributed by atoms with Crippen molar-refractivity contribution in [1.82, 2.24) is 10.2 Å². The molecule has 0 aromatic heterocycles. The van der Waals surface area contributed by atoms with Gasteiger partial charge in [-0.2, -0.15) is 0 Å². The van der Waals surface area contributed by atoms with Gasteiger partial charge in [0.05, 0.1) is 19.6 Å². The number of rotatable bonds is 7. The number of halogens is 3. The van der Waals surface area contributed by atoms with Crippen molar-refractivity contribution in [2.75, 3.05) is 32.0 Å². The summed E-state index contributed by atoms with van der Waals surface area (Å²) in [5.41, 5.74) is 0.305. The normalized spacial score (nSPS) is 10.8. The summed E-state index contributed by atoms with van der Waals surface area (Å²) in [6.07, 6.45) is 0.235. The Morgan fingerprint density at radius 1 is 1.21 bits per heavy atom. The summed E-state index contributed by atoms with van der Waals surface area (Å²) in [6.45, 7) is 0.00293. The smallest absolute Gasteiger partial charge is 0.406 e. The average molecular weight is 343 g/mol. The van der Waals surface area contributed by atoms with Crippen LogP contribution in [0.2, 0.25) is 0 Å². The summed E-state index contributed by atoms with van der Waals surface area (Å²) in [7, 11) is 1.56. The Balaban J connectivity index is 2.44. The fourth-order valence-corrected chi connectivity index (χ4v) is 1.69. The quantitative estimate of drug-likeness (QED) is 0.730.